The number of phenols is 5. The van der Waals surface area contributed by atoms with Crippen LogP contribution in [0.25, 0.3) is 11.1 Å². The highest BCUT2D eigenvalue weighted by molar-refractivity contribution is 5.66. The van der Waals surface area contributed by atoms with Gasteiger partial charge in [-0.2, -0.15) is 0 Å². The van der Waals surface area contributed by atoms with Gasteiger partial charge in [0.2, 0.25) is 0 Å². The first kappa shape index (κ1) is 16.0. The van der Waals surface area contributed by atoms with Crippen LogP contribution in [0.1, 0.15) is 0 Å². The first-order valence-electron chi connectivity index (χ1n) is 6.76. The van der Waals surface area contributed by atoms with Crippen molar-refractivity contribution >= 4 is 0 Å². The van der Waals surface area contributed by atoms with Crippen molar-refractivity contribution < 1.29 is 25.5 Å². The van der Waals surface area contributed by atoms with Gasteiger partial charge in [0.15, 0.2) is 28.7 Å². The summed E-state index contributed by atoms with van der Waals surface area (Å²) in [7, 11) is 0. The molecule has 0 atom stereocenters. The molecule has 0 saturated heterocycles. The molecule has 0 unspecified atom stereocenters. The van der Waals surface area contributed by atoms with E-state index in [1.807, 2.05) is 30.3 Å². The molecule has 5 N–H and O–H groups in total. The Morgan fingerprint density at radius 2 is 1.04 bits per heavy atom. The summed E-state index contributed by atoms with van der Waals surface area (Å²) in [6.45, 7) is 0. The van der Waals surface area contributed by atoms with Gasteiger partial charge in [0.05, 0.1) is 0 Å². The third-order valence-corrected chi connectivity index (χ3v) is 3.08. The summed E-state index contributed by atoms with van der Waals surface area (Å²) >= 11 is 0. The number of hydrogen-bond acceptors (Lipinski definition) is 5. The molecular formula is C18H16O5. The smallest absolute Gasteiger partial charge is 0.200 e. The van der Waals surface area contributed by atoms with E-state index >= 15 is 0 Å². The maximum atomic E-state index is 9.31. The van der Waals surface area contributed by atoms with Gasteiger partial charge in [-0.3, -0.25) is 0 Å². The summed E-state index contributed by atoms with van der Waals surface area (Å²) in [6, 6.07) is 18.5. The molecule has 3 aromatic carbocycles. The van der Waals surface area contributed by atoms with Gasteiger partial charge in [-0.15, -0.1) is 0 Å². The summed E-state index contributed by atoms with van der Waals surface area (Å²) < 4.78 is 0. The van der Waals surface area contributed by atoms with Gasteiger partial charge in [-0.1, -0.05) is 42.5 Å². The van der Waals surface area contributed by atoms with Gasteiger partial charge >= 0.3 is 0 Å². The predicted molar refractivity (Wildman–Crippen MR) is 86.6 cm³/mol. The minimum absolute atomic E-state index is 0.0913. The molecular weight excluding hydrogens is 296 g/mol. The number of para-hydroxylation sites is 1. The zero-order valence-corrected chi connectivity index (χ0v) is 12.1. The molecule has 5 heteroatoms. The van der Waals surface area contributed by atoms with Crippen LogP contribution in [-0.2, 0) is 0 Å². The molecule has 0 heterocycles. The van der Waals surface area contributed by atoms with Crippen LogP contribution >= 0.6 is 0 Å². The molecule has 118 valence electrons. The number of benzene rings is 3. The third-order valence-electron chi connectivity index (χ3n) is 3.08. The molecule has 5 nitrogen and oxygen atoms in total. The van der Waals surface area contributed by atoms with Crippen LogP contribution in [0.4, 0.5) is 0 Å². The fourth-order valence-electron chi connectivity index (χ4n) is 1.85. The molecule has 0 aliphatic heterocycles. The fourth-order valence-corrected chi connectivity index (χ4v) is 1.85. The molecule has 0 aliphatic rings. The van der Waals surface area contributed by atoms with Crippen molar-refractivity contribution in [2.75, 3.05) is 0 Å². The van der Waals surface area contributed by atoms with Crippen molar-refractivity contribution in [3.63, 3.8) is 0 Å². The monoisotopic (exact) mass is 312 g/mol. The average molecular weight is 312 g/mol. The molecule has 0 fully saturated rings. The van der Waals surface area contributed by atoms with Crippen molar-refractivity contribution in [2.24, 2.45) is 0 Å². The zero-order chi connectivity index (χ0) is 16.8. The van der Waals surface area contributed by atoms with Crippen LogP contribution in [0, 0.1) is 0 Å². The molecule has 0 amide bonds. The van der Waals surface area contributed by atoms with E-state index in [9.17, 15) is 5.11 Å². The molecule has 0 radical (unpaired) electrons. The van der Waals surface area contributed by atoms with Crippen molar-refractivity contribution in [1.82, 2.24) is 0 Å². The summed E-state index contributed by atoms with van der Waals surface area (Å²) in [5, 5.41) is 44.5. The Kier molecular flexibility index (Phi) is 4.94. The summed E-state index contributed by atoms with van der Waals surface area (Å²) in [5.74, 6) is -1.28. The normalized spacial score (nSPS) is 9.74. The highest BCUT2D eigenvalue weighted by Gasteiger charge is 2.02. The van der Waals surface area contributed by atoms with Gasteiger partial charge in [0, 0.05) is 0 Å². The summed E-state index contributed by atoms with van der Waals surface area (Å²) in [5.41, 5.74) is 1.91. The first-order valence-corrected chi connectivity index (χ1v) is 6.76. The maximum absolute atomic E-state index is 9.31. The molecule has 0 aromatic heterocycles. The van der Waals surface area contributed by atoms with Crippen LogP contribution < -0.4 is 0 Å². The van der Waals surface area contributed by atoms with Gasteiger partial charge < -0.3 is 25.5 Å². The molecule has 0 aliphatic carbocycles. The lowest BCUT2D eigenvalue weighted by Gasteiger charge is -2.02. The standard InChI is InChI=1S/C12H10O2.C6H6O3/c13-11-7-6-10(8-12(11)14)9-4-2-1-3-5-9;7-4-2-1-3-5(8)6(4)9/h1-8,13-14H;1-3,7-9H. The second-order valence-electron chi connectivity index (χ2n) is 4.71. The van der Waals surface area contributed by atoms with Gasteiger partial charge in [0.1, 0.15) is 0 Å². The first-order chi connectivity index (χ1) is 11.0. The Morgan fingerprint density at radius 1 is 0.435 bits per heavy atom. The SMILES string of the molecule is Oc1ccc(-c2ccccc2)cc1O.Oc1cccc(O)c1O. The van der Waals surface area contributed by atoms with Gasteiger partial charge in [0.25, 0.3) is 0 Å². The van der Waals surface area contributed by atoms with Crippen LogP contribution in [-0.4, -0.2) is 25.5 Å². The minimum atomic E-state index is -0.475. The molecule has 23 heavy (non-hydrogen) atoms. The van der Waals surface area contributed by atoms with E-state index in [1.54, 1.807) is 12.1 Å². The average Bonchev–Trinajstić information content (AvgIpc) is 2.56. The molecule has 3 rings (SSSR count). The van der Waals surface area contributed by atoms with Crippen molar-refractivity contribution in [3.05, 3.63) is 66.7 Å². The van der Waals surface area contributed by atoms with Crippen molar-refractivity contribution in [3.8, 4) is 39.9 Å². The van der Waals surface area contributed by atoms with Crippen LogP contribution in [0.15, 0.2) is 66.7 Å². The van der Waals surface area contributed by atoms with E-state index in [0.29, 0.717) is 0 Å². The van der Waals surface area contributed by atoms with E-state index in [4.69, 9.17) is 20.4 Å². The predicted octanol–water partition coefficient (Wildman–Crippen LogP) is 3.57. The lowest BCUT2D eigenvalue weighted by Crippen LogP contribution is -1.76. The number of rotatable bonds is 1. The van der Waals surface area contributed by atoms with Gasteiger partial charge in [-0.05, 0) is 35.4 Å². The largest absolute Gasteiger partial charge is 0.504 e. The molecule has 0 spiro atoms. The van der Waals surface area contributed by atoms with Crippen LogP contribution in [0.3, 0.4) is 0 Å². The van der Waals surface area contributed by atoms with E-state index in [0.717, 1.165) is 11.1 Å². The van der Waals surface area contributed by atoms with Crippen LogP contribution in [0.5, 0.6) is 28.7 Å². The lowest BCUT2D eigenvalue weighted by atomic mass is 10.1. The second kappa shape index (κ2) is 7.09. The second-order valence-corrected chi connectivity index (χ2v) is 4.71. The number of aromatic hydroxyl groups is 5. The summed E-state index contributed by atoms with van der Waals surface area (Å²) in [6.07, 6.45) is 0. The van der Waals surface area contributed by atoms with E-state index in [2.05, 4.69) is 0 Å². The van der Waals surface area contributed by atoms with Gasteiger partial charge in [-0.25, -0.2) is 0 Å². The third kappa shape index (κ3) is 4.07. The van der Waals surface area contributed by atoms with Crippen molar-refractivity contribution in [2.45, 2.75) is 0 Å². The maximum Gasteiger partial charge on any atom is 0.200 e. The van der Waals surface area contributed by atoms with Crippen LogP contribution in [0.2, 0.25) is 0 Å². The Hall–Kier alpha value is -3.34. The number of phenolic OH excluding ortho intramolecular Hbond substituents is 5. The van der Waals surface area contributed by atoms with Crippen molar-refractivity contribution in [1.29, 1.82) is 0 Å². The topological polar surface area (TPSA) is 101 Å². The van der Waals surface area contributed by atoms with E-state index in [-0.39, 0.29) is 23.0 Å². The highest BCUT2D eigenvalue weighted by Crippen LogP contribution is 2.33. The van der Waals surface area contributed by atoms with E-state index in [1.165, 1.54) is 24.3 Å². The Labute approximate surface area is 133 Å². The highest BCUT2D eigenvalue weighted by atomic mass is 16.3. The Bertz CT molecular complexity index is 764. The molecule has 3 aromatic rings. The lowest BCUT2D eigenvalue weighted by molar-refractivity contribution is 0.368. The number of hydrogen-bond donors (Lipinski definition) is 5. The summed E-state index contributed by atoms with van der Waals surface area (Å²) in [4.78, 5) is 0. The Balaban J connectivity index is 0.000000185. The fraction of sp³-hybridized carbons (Fsp3) is 0. The minimum Gasteiger partial charge on any atom is -0.504 e. The molecule has 0 saturated carbocycles. The quantitative estimate of drug-likeness (QED) is 0.442. The molecule has 0 bridgehead atoms. The zero-order valence-electron chi connectivity index (χ0n) is 12.1. The Morgan fingerprint density at radius 3 is 1.57 bits per heavy atom. The van der Waals surface area contributed by atoms with E-state index < -0.39 is 5.75 Å².